The lowest BCUT2D eigenvalue weighted by atomic mass is 9.82. The number of rotatable bonds is 6. The Morgan fingerprint density at radius 1 is 1.29 bits per heavy atom. The smallest absolute Gasteiger partial charge is 0.0552 e. The van der Waals surface area contributed by atoms with E-state index < -0.39 is 0 Å². The summed E-state index contributed by atoms with van der Waals surface area (Å²) in [4.78, 5) is 0. The minimum atomic E-state index is 0.332. The summed E-state index contributed by atoms with van der Waals surface area (Å²) in [5, 5.41) is 9.29. The van der Waals surface area contributed by atoms with Gasteiger partial charge in [0.25, 0.3) is 0 Å². The Morgan fingerprint density at radius 2 is 1.86 bits per heavy atom. The minimum Gasteiger partial charge on any atom is -0.395 e. The van der Waals surface area contributed by atoms with Crippen LogP contribution in [0.3, 0.4) is 0 Å². The van der Waals surface area contributed by atoms with Gasteiger partial charge in [-0.25, -0.2) is 0 Å². The van der Waals surface area contributed by atoms with Gasteiger partial charge in [-0.2, -0.15) is 0 Å². The number of halogens is 1. The first-order valence-corrected chi connectivity index (χ1v) is 6.90. The molecule has 0 aromatic heterocycles. The van der Waals surface area contributed by atoms with Crippen molar-refractivity contribution in [3.05, 3.63) is 12.7 Å². The highest BCUT2D eigenvalue weighted by molar-refractivity contribution is 14.1. The van der Waals surface area contributed by atoms with Crippen molar-refractivity contribution in [2.75, 3.05) is 6.61 Å². The van der Waals surface area contributed by atoms with Crippen molar-refractivity contribution >= 4 is 22.6 Å². The predicted octanol–water partition coefficient (Wildman–Crippen LogP) is 3.02. The van der Waals surface area contributed by atoms with Crippen molar-refractivity contribution in [2.45, 2.75) is 29.6 Å². The second kappa shape index (κ2) is 4.52. The summed E-state index contributed by atoms with van der Waals surface area (Å²) in [5.74, 6) is 3.15. The molecule has 0 aromatic carbocycles. The molecule has 1 nitrogen and oxygen atoms in total. The molecule has 0 aliphatic heterocycles. The maximum absolute atomic E-state index is 9.29. The van der Waals surface area contributed by atoms with Gasteiger partial charge in [0.1, 0.15) is 0 Å². The Hall–Kier alpha value is 0.430. The molecule has 2 rings (SSSR count). The molecule has 0 radical (unpaired) electrons. The van der Waals surface area contributed by atoms with Crippen LogP contribution in [0.1, 0.15) is 25.7 Å². The number of alkyl halides is 1. The van der Waals surface area contributed by atoms with Crippen molar-refractivity contribution < 1.29 is 5.11 Å². The average Bonchev–Trinajstić information content (AvgIpc) is 3.03. The van der Waals surface area contributed by atoms with Crippen LogP contribution in [0, 0.1) is 23.7 Å². The van der Waals surface area contributed by atoms with Crippen LogP contribution in [0.2, 0.25) is 0 Å². The second-order valence-corrected chi connectivity index (χ2v) is 6.36. The number of aliphatic hydroxyl groups is 1. The van der Waals surface area contributed by atoms with Crippen LogP contribution < -0.4 is 0 Å². The van der Waals surface area contributed by atoms with Gasteiger partial charge in [-0.3, -0.25) is 0 Å². The van der Waals surface area contributed by atoms with Crippen LogP contribution in [-0.2, 0) is 0 Å². The normalized spacial score (nSPS) is 28.1. The molecule has 2 aliphatic rings. The number of allylic oxidation sites excluding steroid dienone is 1. The van der Waals surface area contributed by atoms with E-state index in [2.05, 4.69) is 35.2 Å². The van der Waals surface area contributed by atoms with Gasteiger partial charge >= 0.3 is 0 Å². The molecule has 14 heavy (non-hydrogen) atoms. The van der Waals surface area contributed by atoms with Gasteiger partial charge in [-0.15, -0.1) is 6.58 Å². The molecule has 1 unspecified atom stereocenters. The third-order valence-corrected chi connectivity index (χ3v) is 4.87. The molecule has 1 N–H and O–H groups in total. The highest BCUT2D eigenvalue weighted by Gasteiger charge is 2.44. The van der Waals surface area contributed by atoms with Crippen molar-refractivity contribution in [3.63, 3.8) is 0 Å². The molecule has 0 amide bonds. The summed E-state index contributed by atoms with van der Waals surface area (Å²) in [5.41, 5.74) is 0. The fourth-order valence-corrected chi connectivity index (χ4v) is 3.67. The molecule has 0 bridgehead atoms. The van der Waals surface area contributed by atoms with E-state index >= 15 is 0 Å². The molecule has 80 valence electrons. The fraction of sp³-hybridized carbons (Fsp3) is 0.833. The highest BCUT2D eigenvalue weighted by Crippen LogP contribution is 2.51. The first kappa shape index (κ1) is 10.9. The molecule has 0 spiro atoms. The summed E-state index contributed by atoms with van der Waals surface area (Å²) < 4.78 is 0.434. The second-order valence-electron chi connectivity index (χ2n) is 4.76. The molecule has 3 atom stereocenters. The number of hydrogen-bond donors (Lipinski definition) is 1. The van der Waals surface area contributed by atoms with E-state index in [1.807, 2.05) is 0 Å². The monoisotopic (exact) mass is 306 g/mol. The Bertz CT molecular complexity index is 208. The Kier molecular flexibility index (Phi) is 3.53. The summed E-state index contributed by atoms with van der Waals surface area (Å²) >= 11 is 2.42. The summed E-state index contributed by atoms with van der Waals surface area (Å²) in [6.07, 6.45) is 7.67. The summed E-state index contributed by atoms with van der Waals surface area (Å²) in [6, 6.07) is 0. The molecule has 0 aromatic rings. The zero-order chi connectivity index (χ0) is 10.1. The maximum atomic E-state index is 9.29. The standard InChI is InChI=1S/C12H19IO/c1-2-10(8-3-4-8)12(9-5-6-9)11(13)7-14/h2,8-12,14H,1,3-7H2/t10?,11-,12+/m0/s1. The average molecular weight is 306 g/mol. The van der Waals surface area contributed by atoms with Gasteiger partial charge in [0, 0.05) is 3.92 Å². The van der Waals surface area contributed by atoms with E-state index in [-0.39, 0.29) is 0 Å². The molecule has 0 heterocycles. The Labute approximate surface area is 100 Å². The predicted molar refractivity (Wildman–Crippen MR) is 67.5 cm³/mol. The van der Waals surface area contributed by atoms with E-state index in [4.69, 9.17) is 0 Å². The number of hydrogen-bond acceptors (Lipinski definition) is 1. The SMILES string of the molecule is C=CC(C1CC1)[C@@H](C1CC1)[C@@H](I)CO. The van der Waals surface area contributed by atoms with Crippen molar-refractivity contribution in [3.8, 4) is 0 Å². The molecule has 2 fully saturated rings. The zero-order valence-electron chi connectivity index (χ0n) is 8.53. The van der Waals surface area contributed by atoms with Crippen molar-refractivity contribution in [2.24, 2.45) is 23.7 Å². The highest BCUT2D eigenvalue weighted by atomic mass is 127. The van der Waals surface area contributed by atoms with E-state index in [1.165, 1.54) is 25.7 Å². The van der Waals surface area contributed by atoms with Crippen LogP contribution in [0.4, 0.5) is 0 Å². The first-order chi connectivity index (χ1) is 6.77. The lowest BCUT2D eigenvalue weighted by molar-refractivity contribution is 0.226. The van der Waals surface area contributed by atoms with Gasteiger partial charge in [0.05, 0.1) is 6.61 Å². The largest absolute Gasteiger partial charge is 0.395 e. The summed E-state index contributed by atoms with van der Waals surface area (Å²) in [7, 11) is 0. The van der Waals surface area contributed by atoms with Crippen LogP contribution >= 0.6 is 22.6 Å². The van der Waals surface area contributed by atoms with Gasteiger partial charge in [-0.05, 0) is 49.4 Å². The number of aliphatic hydroxyl groups excluding tert-OH is 1. The van der Waals surface area contributed by atoms with Gasteiger partial charge in [-0.1, -0.05) is 28.7 Å². The maximum Gasteiger partial charge on any atom is 0.0552 e. The van der Waals surface area contributed by atoms with Crippen molar-refractivity contribution in [1.29, 1.82) is 0 Å². The van der Waals surface area contributed by atoms with E-state index in [0.29, 0.717) is 22.4 Å². The quantitative estimate of drug-likeness (QED) is 0.454. The van der Waals surface area contributed by atoms with Crippen LogP contribution in [0.15, 0.2) is 12.7 Å². The first-order valence-electron chi connectivity index (χ1n) is 5.65. The van der Waals surface area contributed by atoms with E-state index in [1.54, 1.807) is 0 Å². The van der Waals surface area contributed by atoms with E-state index in [9.17, 15) is 5.11 Å². The lowest BCUT2D eigenvalue weighted by Gasteiger charge is -2.28. The molecule has 0 saturated heterocycles. The molecular formula is C12H19IO. The van der Waals surface area contributed by atoms with Gasteiger partial charge in [0.2, 0.25) is 0 Å². The van der Waals surface area contributed by atoms with Crippen LogP contribution in [-0.4, -0.2) is 15.6 Å². The van der Waals surface area contributed by atoms with Crippen molar-refractivity contribution in [1.82, 2.24) is 0 Å². The van der Waals surface area contributed by atoms with E-state index in [0.717, 1.165) is 11.8 Å². The molecule has 2 saturated carbocycles. The Morgan fingerprint density at radius 3 is 2.21 bits per heavy atom. The summed E-state index contributed by atoms with van der Waals surface area (Å²) in [6.45, 7) is 4.32. The van der Waals surface area contributed by atoms with Gasteiger partial charge < -0.3 is 5.11 Å². The third kappa shape index (κ3) is 2.32. The minimum absolute atomic E-state index is 0.332. The third-order valence-electron chi connectivity index (χ3n) is 3.64. The van der Waals surface area contributed by atoms with Crippen LogP contribution in [0.5, 0.6) is 0 Å². The molecule has 2 heteroatoms. The molecular weight excluding hydrogens is 287 g/mol. The lowest BCUT2D eigenvalue weighted by Crippen LogP contribution is -2.28. The fourth-order valence-electron chi connectivity index (χ4n) is 2.60. The zero-order valence-corrected chi connectivity index (χ0v) is 10.7. The molecule has 2 aliphatic carbocycles. The van der Waals surface area contributed by atoms with Gasteiger partial charge in [0.15, 0.2) is 0 Å². The Balaban J connectivity index is 2.02. The van der Waals surface area contributed by atoms with Crippen LogP contribution in [0.25, 0.3) is 0 Å². The topological polar surface area (TPSA) is 20.2 Å².